The van der Waals surface area contributed by atoms with Crippen LogP contribution in [-0.2, 0) is 4.79 Å². The van der Waals surface area contributed by atoms with Crippen molar-refractivity contribution in [1.29, 1.82) is 0 Å². The molecule has 0 bridgehead atoms. The van der Waals surface area contributed by atoms with Gasteiger partial charge in [0.1, 0.15) is 0 Å². The summed E-state index contributed by atoms with van der Waals surface area (Å²) in [6.45, 7) is 5.02. The van der Waals surface area contributed by atoms with Gasteiger partial charge in [-0.15, -0.1) is 0 Å². The van der Waals surface area contributed by atoms with Gasteiger partial charge in [0, 0.05) is 19.6 Å². The fraction of sp³-hybridized carbons (Fsp3) is 0.900. The molecule has 0 saturated carbocycles. The highest BCUT2D eigenvalue weighted by Crippen LogP contribution is 2.22. The van der Waals surface area contributed by atoms with Gasteiger partial charge < -0.3 is 10.6 Å². The van der Waals surface area contributed by atoms with E-state index in [1.807, 2.05) is 0 Å². The van der Waals surface area contributed by atoms with Gasteiger partial charge in [-0.3, -0.25) is 4.79 Å². The van der Waals surface area contributed by atoms with Gasteiger partial charge in [0.15, 0.2) is 0 Å². The molecule has 0 saturated heterocycles. The Bertz CT molecular complexity index is 239. The van der Waals surface area contributed by atoms with Crippen molar-refractivity contribution in [2.45, 2.75) is 39.4 Å². The predicted octanol–water partition coefficient (Wildman–Crippen LogP) is 1.69. The number of alkyl halides is 3. The third-order valence-corrected chi connectivity index (χ3v) is 2.27. The van der Waals surface area contributed by atoms with Gasteiger partial charge in [0.25, 0.3) is 0 Å². The maximum absolute atomic E-state index is 12.0. The Balaban J connectivity index is 4.10. The van der Waals surface area contributed by atoms with Crippen molar-refractivity contribution in [1.82, 2.24) is 10.6 Å². The molecule has 0 fully saturated rings. The summed E-state index contributed by atoms with van der Waals surface area (Å²) in [4.78, 5) is 11.4. The Labute approximate surface area is 93.8 Å². The first-order valence-corrected chi connectivity index (χ1v) is 5.11. The van der Waals surface area contributed by atoms with Crippen molar-refractivity contribution in [3.63, 3.8) is 0 Å². The molecule has 3 nitrogen and oxygen atoms in total. The van der Waals surface area contributed by atoms with Gasteiger partial charge in [-0.25, -0.2) is 0 Å². The van der Waals surface area contributed by atoms with Crippen LogP contribution in [0.4, 0.5) is 13.2 Å². The first kappa shape index (κ1) is 15.2. The van der Waals surface area contributed by atoms with E-state index in [-0.39, 0.29) is 12.5 Å². The van der Waals surface area contributed by atoms with Crippen LogP contribution in [0.3, 0.4) is 0 Å². The number of nitrogens with one attached hydrogen (secondary N) is 2. The lowest BCUT2D eigenvalue weighted by Gasteiger charge is -2.25. The smallest absolute Gasteiger partial charge is 0.359 e. The summed E-state index contributed by atoms with van der Waals surface area (Å²) in [5.41, 5.74) is -0.714. The Kier molecular flexibility index (Phi) is 5.25. The van der Waals surface area contributed by atoms with Crippen LogP contribution in [0.1, 0.15) is 27.2 Å². The summed E-state index contributed by atoms with van der Waals surface area (Å²) in [7, 11) is 1.50. The predicted molar refractivity (Wildman–Crippen MR) is 56.0 cm³/mol. The normalized spacial score (nSPS) is 14.7. The van der Waals surface area contributed by atoms with E-state index in [2.05, 4.69) is 10.6 Å². The number of hydrogen-bond donors (Lipinski definition) is 2. The number of amides is 1. The second kappa shape index (κ2) is 5.52. The van der Waals surface area contributed by atoms with Gasteiger partial charge in [0.2, 0.25) is 5.91 Å². The van der Waals surface area contributed by atoms with Gasteiger partial charge in [-0.2, -0.15) is 13.2 Å². The lowest BCUT2D eigenvalue weighted by atomic mass is 9.92. The minimum atomic E-state index is -4.18. The monoisotopic (exact) mass is 240 g/mol. The van der Waals surface area contributed by atoms with Gasteiger partial charge >= 0.3 is 6.18 Å². The van der Waals surface area contributed by atoms with Gasteiger partial charge in [-0.05, 0) is 20.8 Å². The zero-order valence-electron chi connectivity index (χ0n) is 10.0. The first-order chi connectivity index (χ1) is 7.08. The van der Waals surface area contributed by atoms with E-state index in [1.165, 1.54) is 14.0 Å². The number of rotatable bonds is 5. The van der Waals surface area contributed by atoms with Crippen molar-refractivity contribution in [3.05, 3.63) is 0 Å². The fourth-order valence-electron chi connectivity index (χ4n) is 1.27. The highest BCUT2D eigenvalue weighted by atomic mass is 19.4. The van der Waals surface area contributed by atoms with Crippen LogP contribution in [0.5, 0.6) is 0 Å². The van der Waals surface area contributed by atoms with Crippen LogP contribution < -0.4 is 10.6 Å². The molecule has 1 atom stereocenters. The molecule has 0 aromatic carbocycles. The molecule has 1 unspecified atom stereocenters. The lowest BCUT2D eigenvalue weighted by molar-refractivity contribution is -0.139. The average Bonchev–Trinajstić information content (AvgIpc) is 2.11. The van der Waals surface area contributed by atoms with Crippen molar-refractivity contribution in [2.24, 2.45) is 5.41 Å². The number of carbonyl (C=O) groups excluding carboxylic acids is 1. The molecule has 0 aliphatic rings. The largest absolute Gasteiger partial charge is 0.390 e. The summed E-state index contributed by atoms with van der Waals surface area (Å²) in [6.07, 6.45) is -5.07. The molecular weight excluding hydrogens is 221 g/mol. The van der Waals surface area contributed by atoms with Gasteiger partial charge in [-0.1, -0.05) is 0 Å². The molecule has 2 N–H and O–H groups in total. The molecule has 0 radical (unpaired) electrons. The van der Waals surface area contributed by atoms with E-state index in [1.54, 1.807) is 13.8 Å². The summed E-state index contributed by atoms with van der Waals surface area (Å²) in [5, 5.41) is 5.19. The van der Waals surface area contributed by atoms with E-state index in [4.69, 9.17) is 0 Å². The summed E-state index contributed by atoms with van der Waals surface area (Å²) in [6, 6.07) is -0.691. The van der Waals surface area contributed by atoms with E-state index in [0.29, 0.717) is 0 Å². The maximum atomic E-state index is 12.0. The van der Waals surface area contributed by atoms with E-state index in [9.17, 15) is 18.0 Å². The van der Waals surface area contributed by atoms with Crippen LogP contribution >= 0.6 is 0 Å². The Morgan fingerprint density at radius 1 is 1.31 bits per heavy atom. The molecule has 0 spiro atoms. The minimum absolute atomic E-state index is 0.195. The van der Waals surface area contributed by atoms with Crippen molar-refractivity contribution < 1.29 is 18.0 Å². The fourth-order valence-corrected chi connectivity index (χ4v) is 1.27. The topological polar surface area (TPSA) is 41.1 Å². The quantitative estimate of drug-likeness (QED) is 0.767. The van der Waals surface area contributed by atoms with Crippen LogP contribution in [-0.4, -0.2) is 31.7 Å². The van der Waals surface area contributed by atoms with E-state index < -0.39 is 24.1 Å². The lowest BCUT2D eigenvalue weighted by Crippen LogP contribution is -2.45. The molecule has 0 aromatic rings. The zero-order chi connectivity index (χ0) is 13.0. The van der Waals surface area contributed by atoms with Crippen molar-refractivity contribution >= 4 is 5.91 Å². The third kappa shape index (κ3) is 5.95. The highest BCUT2D eigenvalue weighted by Gasteiger charge is 2.32. The molecule has 96 valence electrons. The van der Waals surface area contributed by atoms with Crippen molar-refractivity contribution in [2.75, 3.05) is 13.6 Å². The summed E-state index contributed by atoms with van der Waals surface area (Å²) in [5.74, 6) is -0.195. The Hall–Kier alpha value is -0.780. The van der Waals surface area contributed by atoms with E-state index >= 15 is 0 Å². The van der Waals surface area contributed by atoms with E-state index in [0.717, 1.165) is 0 Å². The molecular formula is C10H19F3N2O. The summed E-state index contributed by atoms with van der Waals surface area (Å²) >= 11 is 0. The second-order valence-electron chi connectivity index (χ2n) is 4.56. The van der Waals surface area contributed by atoms with Crippen LogP contribution in [0.15, 0.2) is 0 Å². The molecule has 0 aromatic heterocycles. The zero-order valence-corrected chi connectivity index (χ0v) is 10.0. The molecule has 0 aliphatic heterocycles. The number of halogens is 3. The minimum Gasteiger partial charge on any atom is -0.359 e. The van der Waals surface area contributed by atoms with Crippen molar-refractivity contribution in [3.8, 4) is 0 Å². The first-order valence-electron chi connectivity index (χ1n) is 5.11. The highest BCUT2D eigenvalue weighted by molar-refractivity contribution is 5.81. The Morgan fingerprint density at radius 2 is 1.81 bits per heavy atom. The molecule has 0 aliphatic carbocycles. The molecule has 16 heavy (non-hydrogen) atoms. The SMILES string of the molecule is CNC(=O)C(C)(C)CNC(C)CC(F)(F)F. The standard InChI is InChI=1S/C10H19F3N2O/c1-7(5-10(11,12)13)15-6-9(2,3)8(16)14-4/h7,15H,5-6H2,1-4H3,(H,14,16). The molecule has 6 heteroatoms. The average molecular weight is 240 g/mol. The molecule has 1 amide bonds. The summed E-state index contributed by atoms with van der Waals surface area (Å²) < 4.78 is 36.1. The number of carbonyl (C=O) groups is 1. The number of hydrogen-bond acceptors (Lipinski definition) is 2. The van der Waals surface area contributed by atoms with Gasteiger partial charge in [0.05, 0.1) is 11.8 Å². The maximum Gasteiger partial charge on any atom is 0.390 e. The molecule has 0 rings (SSSR count). The molecule has 0 heterocycles. The third-order valence-electron chi connectivity index (χ3n) is 2.27. The van der Waals surface area contributed by atoms with Crippen LogP contribution in [0, 0.1) is 5.41 Å². The Morgan fingerprint density at radius 3 is 2.19 bits per heavy atom. The van der Waals surface area contributed by atoms with Crippen LogP contribution in [0.2, 0.25) is 0 Å². The second-order valence-corrected chi connectivity index (χ2v) is 4.56. The van der Waals surface area contributed by atoms with Crippen LogP contribution in [0.25, 0.3) is 0 Å².